The van der Waals surface area contributed by atoms with Crippen LogP contribution in [0.4, 0.5) is 0 Å². The molecule has 4 aromatic heterocycles. The van der Waals surface area contributed by atoms with Gasteiger partial charge in [-0.3, -0.25) is 4.98 Å². The molecule has 4 heterocycles. The van der Waals surface area contributed by atoms with Crippen molar-refractivity contribution in [1.29, 1.82) is 0 Å². The maximum Gasteiger partial charge on any atom is 0.136 e. The third-order valence-electron chi connectivity index (χ3n) is 15.6. The molecule has 72 heavy (non-hydrogen) atoms. The number of hydrogen-bond acceptors (Lipinski definition) is 4. The number of hydrogen-bond donors (Lipinski definition) is 0. The fraction of sp³-hybridized carbons (Fsp3) is 0.273. The molecule has 7 aromatic carbocycles. The fourth-order valence-corrected chi connectivity index (χ4v) is 13.2. The summed E-state index contributed by atoms with van der Waals surface area (Å²) in [6.45, 7) is 26.3. The first-order chi connectivity index (χ1) is 33.8. The zero-order chi connectivity index (χ0) is 49.4. The van der Waals surface area contributed by atoms with Gasteiger partial charge in [0, 0.05) is 48.1 Å². The van der Waals surface area contributed by atoms with Crippen molar-refractivity contribution in [2.75, 3.05) is 0 Å². The molecule has 5 nitrogen and oxygen atoms in total. The SMILES string of the molecule is CC(C)(C)c1ccc(-c2[c-]cccc2)nc1.CC1(C)CC(C)(C)c2c(-n3c(-c4[c-]ccc5c4oc4cc6c(cc45)oc4ccccc46)nc4ccccc43)c3c(c(-c4ccccc4)c21)C(C)(C)CC3(C)C.[Ir]. The van der Waals surface area contributed by atoms with Crippen LogP contribution in [0, 0.1) is 12.1 Å². The minimum atomic E-state index is -0.107. The van der Waals surface area contributed by atoms with Crippen LogP contribution in [0.5, 0.6) is 0 Å². The van der Waals surface area contributed by atoms with Crippen molar-refractivity contribution in [2.45, 2.75) is 116 Å². The van der Waals surface area contributed by atoms with Crippen molar-refractivity contribution in [2.24, 2.45) is 0 Å². The van der Waals surface area contributed by atoms with Gasteiger partial charge in [0.2, 0.25) is 0 Å². The molecule has 0 atom stereocenters. The summed E-state index contributed by atoms with van der Waals surface area (Å²) in [6, 6.07) is 55.4. The van der Waals surface area contributed by atoms with Gasteiger partial charge in [-0.15, -0.1) is 54.1 Å². The molecule has 0 fully saturated rings. The Morgan fingerprint density at radius 3 is 1.82 bits per heavy atom. The van der Waals surface area contributed by atoms with Crippen molar-refractivity contribution in [3.63, 3.8) is 0 Å². The summed E-state index contributed by atoms with van der Waals surface area (Å²) in [4.78, 5) is 10.0. The minimum absolute atomic E-state index is 0. The molecule has 2 aliphatic carbocycles. The summed E-state index contributed by atoms with van der Waals surface area (Å²) in [7, 11) is 0. The first-order valence-corrected chi connectivity index (χ1v) is 25.2. The Labute approximate surface area is 437 Å². The minimum Gasteiger partial charge on any atom is -0.501 e. The van der Waals surface area contributed by atoms with Crippen LogP contribution in [-0.2, 0) is 47.2 Å². The molecule has 0 amide bonds. The van der Waals surface area contributed by atoms with Crippen molar-refractivity contribution in [1.82, 2.24) is 14.5 Å². The Bertz CT molecular complexity index is 3840. The number of imidazole rings is 1. The number of aromatic nitrogens is 3. The monoisotopic (exact) mass is 1120 g/mol. The molecule has 0 saturated carbocycles. The Morgan fingerprint density at radius 1 is 0.556 bits per heavy atom. The number of para-hydroxylation sites is 3. The molecule has 13 rings (SSSR count). The summed E-state index contributed by atoms with van der Waals surface area (Å²) in [6.07, 6.45) is 4.06. The second-order valence-electron chi connectivity index (χ2n) is 23.8. The first-order valence-electron chi connectivity index (χ1n) is 25.2. The number of pyridine rings is 1. The maximum absolute atomic E-state index is 6.94. The molecule has 11 aromatic rings. The van der Waals surface area contributed by atoms with Gasteiger partial charge < -0.3 is 18.4 Å². The largest absolute Gasteiger partial charge is 0.501 e. The van der Waals surface area contributed by atoms with E-state index in [0.29, 0.717) is 0 Å². The Morgan fingerprint density at radius 2 is 1.17 bits per heavy atom. The van der Waals surface area contributed by atoms with E-state index in [9.17, 15) is 0 Å². The van der Waals surface area contributed by atoms with Crippen LogP contribution in [0.25, 0.3) is 94.4 Å². The Hall–Kier alpha value is -6.59. The molecule has 0 bridgehead atoms. The van der Waals surface area contributed by atoms with Crippen molar-refractivity contribution < 1.29 is 28.9 Å². The fourth-order valence-electron chi connectivity index (χ4n) is 13.2. The van der Waals surface area contributed by atoms with Crippen LogP contribution < -0.4 is 0 Å². The summed E-state index contributed by atoms with van der Waals surface area (Å²) in [5, 5.41) is 4.20. The predicted octanol–water partition coefficient (Wildman–Crippen LogP) is 17.7. The van der Waals surface area contributed by atoms with E-state index in [1.54, 1.807) is 0 Å². The molecule has 1 radical (unpaired) electrons. The van der Waals surface area contributed by atoms with Crippen LogP contribution >= 0.6 is 0 Å². The van der Waals surface area contributed by atoms with Gasteiger partial charge in [-0.2, -0.15) is 0 Å². The molecule has 6 heteroatoms. The van der Waals surface area contributed by atoms with Gasteiger partial charge in [0.05, 0.1) is 22.4 Å². The van der Waals surface area contributed by atoms with Gasteiger partial charge in [-0.05, 0) is 115 Å². The standard InChI is InChI=1S/C51H45N2O2.C15H16N.Ir/c1-48(2)27-50(5,6)43-41(48)40(29-17-10-9-11-18-29)42-44(51(7,8)28-49(42,3)4)45(43)53-36-23-14-13-22-35(36)52-47(53)32-21-16-20-31-34-26-38-33(25-39(34)55-46(31)32)30-19-12-15-24-37(30)54-38;1-15(2,3)13-9-10-14(16-11-13)12-7-5-4-6-8-12;/h9-20,22-26H,27-28H2,1-8H3;4-7,9-11H,1-3H3;/q2*-1;. The zero-order valence-electron chi connectivity index (χ0n) is 43.3. The molecule has 0 saturated heterocycles. The van der Waals surface area contributed by atoms with Crippen molar-refractivity contribution in [3.05, 3.63) is 186 Å². The molecule has 0 unspecified atom stereocenters. The van der Waals surface area contributed by atoms with Gasteiger partial charge in [-0.1, -0.05) is 160 Å². The van der Waals surface area contributed by atoms with E-state index in [4.69, 9.17) is 13.8 Å². The summed E-state index contributed by atoms with van der Waals surface area (Å²) < 4.78 is 15.8. The summed E-state index contributed by atoms with van der Waals surface area (Å²) in [5.74, 6) is 0.859. The number of nitrogens with zero attached hydrogens (tertiary/aromatic N) is 3. The van der Waals surface area contributed by atoms with E-state index in [0.717, 1.165) is 90.4 Å². The molecule has 0 aliphatic heterocycles. The van der Waals surface area contributed by atoms with E-state index in [2.05, 4.69) is 195 Å². The van der Waals surface area contributed by atoms with E-state index in [-0.39, 0.29) is 47.2 Å². The number of rotatable bonds is 4. The third kappa shape index (κ3) is 7.50. The zero-order valence-corrected chi connectivity index (χ0v) is 45.7. The Kier molecular flexibility index (Phi) is 11.1. The second kappa shape index (κ2) is 16.7. The van der Waals surface area contributed by atoms with Crippen LogP contribution in [0.2, 0.25) is 0 Å². The van der Waals surface area contributed by atoms with Crippen LogP contribution in [0.1, 0.15) is 117 Å². The molecular formula is C66H61IrN3O2-2. The first kappa shape index (κ1) is 47.7. The van der Waals surface area contributed by atoms with E-state index in [1.807, 2.05) is 48.7 Å². The van der Waals surface area contributed by atoms with Gasteiger partial charge >= 0.3 is 0 Å². The molecule has 0 N–H and O–H groups in total. The average Bonchev–Trinajstić information content (AvgIpc) is 4.10. The van der Waals surface area contributed by atoms with Crippen LogP contribution in [-0.4, -0.2) is 14.5 Å². The van der Waals surface area contributed by atoms with Gasteiger partial charge in [-0.25, -0.2) is 0 Å². The van der Waals surface area contributed by atoms with E-state index >= 15 is 0 Å². The number of furan rings is 2. The molecular weight excluding hydrogens is 1060 g/mol. The predicted molar refractivity (Wildman–Crippen MR) is 294 cm³/mol. The van der Waals surface area contributed by atoms with Crippen LogP contribution in [0.15, 0.2) is 155 Å². The smallest absolute Gasteiger partial charge is 0.136 e. The Balaban J connectivity index is 0.000000282. The maximum atomic E-state index is 6.94. The third-order valence-corrected chi connectivity index (χ3v) is 15.6. The van der Waals surface area contributed by atoms with Gasteiger partial charge in [0.15, 0.2) is 0 Å². The van der Waals surface area contributed by atoms with Crippen molar-refractivity contribution >= 4 is 54.9 Å². The molecule has 2 aliphatic rings. The van der Waals surface area contributed by atoms with E-state index < -0.39 is 0 Å². The van der Waals surface area contributed by atoms with Gasteiger partial charge in [0.1, 0.15) is 16.7 Å². The van der Waals surface area contributed by atoms with Crippen LogP contribution in [0.3, 0.4) is 0 Å². The summed E-state index contributed by atoms with van der Waals surface area (Å²) >= 11 is 0. The topological polar surface area (TPSA) is 57.0 Å². The number of benzene rings is 7. The van der Waals surface area contributed by atoms with E-state index in [1.165, 1.54) is 44.6 Å². The normalized spacial score (nSPS) is 16.2. The molecule has 363 valence electrons. The number of fused-ring (bicyclic) bond motifs is 9. The van der Waals surface area contributed by atoms with Gasteiger partial charge in [0.25, 0.3) is 0 Å². The average molecular weight is 1120 g/mol. The summed E-state index contributed by atoms with van der Waals surface area (Å²) in [5.41, 5.74) is 19.3. The molecule has 0 spiro atoms. The second-order valence-corrected chi connectivity index (χ2v) is 23.8. The van der Waals surface area contributed by atoms with Crippen molar-refractivity contribution in [3.8, 4) is 39.5 Å². The quantitative estimate of drug-likeness (QED) is 0.165.